The van der Waals surface area contributed by atoms with Crippen molar-refractivity contribution < 1.29 is 9.53 Å². The van der Waals surface area contributed by atoms with Crippen LogP contribution in [0.5, 0.6) is 5.75 Å². The average molecular weight is 289 g/mol. The number of halogens is 1. The van der Waals surface area contributed by atoms with E-state index in [1.54, 1.807) is 30.6 Å². The molecule has 0 bridgehead atoms. The van der Waals surface area contributed by atoms with Crippen LogP contribution in [-0.4, -0.2) is 17.0 Å². The minimum atomic E-state index is -0.245. The number of amides is 1. The van der Waals surface area contributed by atoms with Gasteiger partial charge in [-0.2, -0.15) is 0 Å². The molecule has 0 aliphatic carbocycles. The number of nitrogens with zero attached hydrogens (tertiary/aromatic N) is 1. The van der Waals surface area contributed by atoms with Gasteiger partial charge >= 0.3 is 0 Å². The first-order valence-corrected chi connectivity index (χ1v) is 6.72. The molecule has 1 aliphatic rings. The van der Waals surface area contributed by atoms with Crippen molar-refractivity contribution in [2.45, 2.75) is 19.4 Å². The molecule has 1 N–H and O–H groups in total. The largest absolute Gasteiger partial charge is 0.489 e. The van der Waals surface area contributed by atoms with Crippen LogP contribution in [0.25, 0.3) is 0 Å². The lowest BCUT2D eigenvalue weighted by molar-refractivity contribution is 0.102. The summed E-state index contributed by atoms with van der Waals surface area (Å²) in [4.78, 5) is 16.3. The molecule has 0 unspecified atom stereocenters. The number of anilines is 1. The fraction of sp³-hybridized carbons (Fsp3) is 0.200. The fourth-order valence-electron chi connectivity index (χ4n) is 2.30. The summed E-state index contributed by atoms with van der Waals surface area (Å²) in [6, 6.07) is 7.01. The summed E-state index contributed by atoms with van der Waals surface area (Å²) < 4.78 is 5.72. The van der Waals surface area contributed by atoms with E-state index in [9.17, 15) is 4.79 Å². The van der Waals surface area contributed by atoms with Gasteiger partial charge in [0.25, 0.3) is 5.91 Å². The van der Waals surface area contributed by atoms with Gasteiger partial charge in [-0.1, -0.05) is 11.6 Å². The van der Waals surface area contributed by atoms with Crippen molar-refractivity contribution in [2.75, 3.05) is 5.32 Å². The van der Waals surface area contributed by atoms with Crippen LogP contribution in [0.2, 0.25) is 5.02 Å². The molecule has 0 spiro atoms. The standard InChI is InChI=1S/C15H13ClN2O2/c1-9-5-10-6-11(16)7-13(14(10)20-9)15(19)18-12-3-2-4-17-8-12/h2-4,6-9H,5H2,1H3,(H,18,19)/t9-/m0/s1. The Kier molecular flexibility index (Phi) is 3.32. The Morgan fingerprint density at radius 2 is 2.35 bits per heavy atom. The first-order chi connectivity index (χ1) is 9.63. The Morgan fingerprint density at radius 1 is 1.50 bits per heavy atom. The molecular weight excluding hydrogens is 276 g/mol. The summed E-state index contributed by atoms with van der Waals surface area (Å²) in [6.07, 6.45) is 4.07. The van der Waals surface area contributed by atoms with Crippen LogP contribution in [-0.2, 0) is 6.42 Å². The third-order valence-corrected chi connectivity index (χ3v) is 3.34. The van der Waals surface area contributed by atoms with Crippen molar-refractivity contribution in [1.82, 2.24) is 4.98 Å². The van der Waals surface area contributed by atoms with Crippen LogP contribution in [0.3, 0.4) is 0 Å². The van der Waals surface area contributed by atoms with E-state index in [0.29, 0.717) is 22.0 Å². The van der Waals surface area contributed by atoms with E-state index >= 15 is 0 Å². The molecule has 0 radical (unpaired) electrons. The molecule has 1 aromatic heterocycles. The van der Waals surface area contributed by atoms with Gasteiger partial charge in [0.15, 0.2) is 0 Å². The van der Waals surface area contributed by atoms with Crippen LogP contribution >= 0.6 is 11.6 Å². The topological polar surface area (TPSA) is 51.2 Å². The zero-order valence-electron chi connectivity index (χ0n) is 10.9. The van der Waals surface area contributed by atoms with E-state index in [1.165, 1.54) is 0 Å². The zero-order chi connectivity index (χ0) is 14.1. The average Bonchev–Trinajstić information content (AvgIpc) is 2.78. The molecule has 5 heteroatoms. The number of benzene rings is 1. The molecule has 1 aliphatic heterocycles. The van der Waals surface area contributed by atoms with Gasteiger partial charge in [0.05, 0.1) is 17.4 Å². The Bertz CT molecular complexity index is 658. The van der Waals surface area contributed by atoms with Crippen LogP contribution < -0.4 is 10.1 Å². The van der Waals surface area contributed by atoms with Crippen LogP contribution in [0, 0.1) is 0 Å². The highest BCUT2D eigenvalue weighted by molar-refractivity contribution is 6.31. The number of carbonyl (C=O) groups excluding carboxylic acids is 1. The van der Waals surface area contributed by atoms with Crippen LogP contribution in [0.4, 0.5) is 5.69 Å². The Labute approximate surface area is 121 Å². The summed E-state index contributed by atoms with van der Waals surface area (Å²) in [5.74, 6) is 0.383. The predicted octanol–water partition coefficient (Wildman–Crippen LogP) is 3.31. The first-order valence-electron chi connectivity index (χ1n) is 6.34. The number of hydrogen-bond acceptors (Lipinski definition) is 3. The molecule has 4 nitrogen and oxygen atoms in total. The number of hydrogen-bond donors (Lipinski definition) is 1. The minimum Gasteiger partial charge on any atom is -0.489 e. The second-order valence-corrected chi connectivity index (χ2v) is 5.21. The lowest BCUT2D eigenvalue weighted by Gasteiger charge is -2.10. The molecule has 3 rings (SSSR count). The molecule has 1 amide bonds. The Balaban J connectivity index is 1.93. The maximum atomic E-state index is 12.4. The molecule has 0 fully saturated rings. The summed E-state index contributed by atoms with van der Waals surface area (Å²) in [5, 5.41) is 3.33. The van der Waals surface area contributed by atoms with Gasteiger partial charge in [-0.25, -0.2) is 0 Å². The molecule has 2 heterocycles. The van der Waals surface area contributed by atoms with Crippen molar-refractivity contribution in [3.05, 3.63) is 52.8 Å². The maximum Gasteiger partial charge on any atom is 0.259 e. The van der Waals surface area contributed by atoms with Crippen molar-refractivity contribution >= 4 is 23.2 Å². The smallest absolute Gasteiger partial charge is 0.259 e. The van der Waals surface area contributed by atoms with Gasteiger partial charge in [-0.15, -0.1) is 0 Å². The highest BCUT2D eigenvalue weighted by atomic mass is 35.5. The molecular formula is C15H13ClN2O2. The summed E-state index contributed by atoms with van der Waals surface area (Å²) >= 11 is 6.08. The molecule has 1 atom stereocenters. The minimum absolute atomic E-state index is 0.0633. The second-order valence-electron chi connectivity index (χ2n) is 4.77. The number of carbonyl (C=O) groups is 1. The molecule has 102 valence electrons. The van der Waals surface area contributed by atoms with Crippen molar-refractivity contribution in [1.29, 1.82) is 0 Å². The first kappa shape index (κ1) is 12.9. The third-order valence-electron chi connectivity index (χ3n) is 3.12. The van der Waals surface area contributed by atoms with E-state index in [0.717, 1.165) is 12.0 Å². The maximum absolute atomic E-state index is 12.4. The van der Waals surface area contributed by atoms with Crippen molar-refractivity contribution in [2.24, 2.45) is 0 Å². The lowest BCUT2D eigenvalue weighted by atomic mass is 10.1. The van der Waals surface area contributed by atoms with Gasteiger partial charge in [0.2, 0.25) is 0 Å². The summed E-state index contributed by atoms with van der Waals surface area (Å²) in [6.45, 7) is 1.97. The SMILES string of the molecule is C[C@H]1Cc2cc(Cl)cc(C(=O)Nc3cccnc3)c2O1. The number of aromatic nitrogens is 1. The van der Waals surface area contributed by atoms with Crippen LogP contribution in [0.1, 0.15) is 22.8 Å². The molecule has 20 heavy (non-hydrogen) atoms. The quantitative estimate of drug-likeness (QED) is 0.922. The van der Waals surface area contributed by atoms with Gasteiger partial charge in [-0.3, -0.25) is 9.78 Å². The highest BCUT2D eigenvalue weighted by Gasteiger charge is 2.26. The molecule has 0 saturated heterocycles. The lowest BCUT2D eigenvalue weighted by Crippen LogP contribution is -2.14. The van der Waals surface area contributed by atoms with E-state index in [4.69, 9.17) is 16.3 Å². The monoisotopic (exact) mass is 288 g/mol. The predicted molar refractivity (Wildman–Crippen MR) is 77.4 cm³/mol. The highest BCUT2D eigenvalue weighted by Crippen LogP contribution is 2.35. The van der Waals surface area contributed by atoms with E-state index in [2.05, 4.69) is 10.3 Å². The zero-order valence-corrected chi connectivity index (χ0v) is 11.6. The Hall–Kier alpha value is -2.07. The van der Waals surface area contributed by atoms with Gasteiger partial charge < -0.3 is 10.1 Å². The normalized spacial score (nSPS) is 16.4. The number of nitrogens with one attached hydrogen (secondary N) is 1. The second kappa shape index (κ2) is 5.13. The number of ether oxygens (including phenoxy) is 1. The van der Waals surface area contributed by atoms with Crippen molar-refractivity contribution in [3.8, 4) is 5.75 Å². The molecule has 0 saturated carbocycles. The van der Waals surface area contributed by atoms with E-state index < -0.39 is 0 Å². The molecule has 1 aromatic carbocycles. The Morgan fingerprint density at radius 3 is 3.10 bits per heavy atom. The van der Waals surface area contributed by atoms with Crippen molar-refractivity contribution in [3.63, 3.8) is 0 Å². The number of fused-ring (bicyclic) bond motifs is 1. The summed E-state index contributed by atoms with van der Waals surface area (Å²) in [7, 11) is 0. The third kappa shape index (κ3) is 2.47. The fourth-order valence-corrected chi connectivity index (χ4v) is 2.54. The number of pyridine rings is 1. The molecule has 2 aromatic rings. The number of rotatable bonds is 2. The van der Waals surface area contributed by atoms with Crippen LogP contribution in [0.15, 0.2) is 36.7 Å². The van der Waals surface area contributed by atoms with E-state index in [-0.39, 0.29) is 12.0 Å². The van der Waals surface area contributed by atoms with Gasteiger partial charge in [0.1, 0.15) is 11.9 Å². The van der Waals surface area contributed by atoms with Gasteiger partial charge in [-0.05, 0) is 31.2 Å². The van der Waals surface area contributed by atoms with Gasteiger partial charge in [0, 0.05) is 23.2 Å². The summed E-state index contributed by atoms with van der Waals surface area (Å²) in [5.41, 5.74) is 2.07. The van der Waals surface area contributed by atoms with E-state index in [1.807, 2.05) is 13.0 Å².